The Labute approximate surface area is 316 Å². The van der Waals surface area contributed by atoms with E-state index in [0.717, 1.165) is 51.4 Å². The molecule has 0 saturated heterocycles. The van der Waals surface area contributed by atoms with Gasteiger partial charge in [-0.3, -0.25) is 14.4 Å². The van der Waals surface area contributed by atoms with Crippen LogP contribution in [-0.2, 0) is 14.4 Å². The normalized spacial score (nSPS) is 14.0. The number of carbonyl (C=O) groups excluding carboxylic acids is 3. The average Bonchev–Trinajstić information content (AvgIpc) is 3.13. The molecular weight excluding hydrogens is 636 g/mol. The SMILES string of the molecule is CCCCCCCCCCCCCCCCCC(=O)C(O)C(O)C(O)(C(=O)CCCCC)C(=O)CCCCCCCCCCCCCCCCC. The van der Waals surface area contributed by atoms with Crippen molar-refractivity contribution < 1.29 is 29.7 Å². The first-order valence-corrected chi connectivity index (χ1v) is 22.4. The van der Waals surface area contributed by atoms with Crippen LogP contribution in [0.4, 0.5) is 0 Å². The number of unbranched alkanes of at least 4 members (excludes halogenated alkanes) is 30. The van der Waals surface area contributed by atoms with Crippen LogP contribution in [0.25, 0.3) is 0 Å². The van der Waals surface area contributed by atoms with Crippen LogP contribution >= 0.6 is 0 Å². The van der Waals surface area contributed by atoms with Crippen LogP contribution in [0.2, 0.25) is 0 Å². The molecule has 3 atom stereocenters. The van der Waals surface area contributed by atoms with Crippen molar-refractivity contribution in [1.29, 1.82) is 0 Å². The molecule has 0 aliphatic carbocycles. The molecule has 0 aliphatic heterocycles. The van der Waals surface area contributed by atoms with Crippen molar-refractivity contribution >= 4 is 17.3 Å². The Balaban J connectivity index is 4.41. The number of aliphatic hydroxyl groups is 3. The van der Waals surface area contributed by atoms with Gasteiger partial charge in [0.2, 0.25) is 5.60 Å². The maximum absolute atomic E-state index is 13.3. The molecule has 6 nitrogen and oxygen atoms in total. The number of Topliss-reactive ketones (excluding diaryl/α,β-unsaturated/α-hetero) is 3. The Morgan fingerprint density at radius 3 is 0.882 bits per heavy atom. The first kappa shape index (κ1) is 49.9. The maximum atomic E-state index is 13.3. The molecule has 3 N–H and O–H groups in total. The fourth-order valence-corrected chi connectivity index (χ4v) is 7.28. The van der Waals surface area contributed by atoms with Gasteiger partial charge in [0.1, 0.15) is 12.2 Å². The van der Waals surface area contributed by atoms with E-state index in [1.165, 1.54) is 141 Å². The molecule has 0 radical (unpaired) electrons. The highest BCUT2D eigenvalue weighted by atomic mass is 16.4. The third kappa shape index (κ3) is 26.3. The molecule has 0 spiro atoms. The maximum Gasteiger partial charge on any atom is 0.210 e. The Bertz CT molecular complexity index is 813. The summed E-state index contributed by atoms with van der Waals surface area (Å²) in [6.45, 7) is 6.50. The highest BCUT2D eigenvalue weighted by Crippen LogP contribution is 2.25. The molecule has 0 heterocycles. The first-order chi connectivity index (χ1) is 24.8. The second-order valence-electron chi connectivity index (χ2n) is 15.8. The van der Waals surface area contributed by atoms with Gasteiger partial charge in [-0.2, -0.15) is 0 Å². The fraction of sp³-hybridized carbons (Fsp3) is 0.933. The summed E-state index contributed by atoms with van der Waals surface area (Å²) in [6.07, 6.45) is 33.9. The third-order valence-electron chi connectivity index (χ3n) is 10.9. The topological polar surface area (TPSA) is 112 Å². The monoisotopic (exact) mass is 723 g/mol. The minimum atomic E-state index is -2.74. The fourth-order valence-electron chi connectivity index (χ4n) is 7.28. The van der Waals surface area contributed by atoms with Gasteiger partial charge in [-0.05, 0) is 19.3 Å². The molecule has 0 aromatic carbocycles. The molecule has 0 aromatic rings. The Morgan fingerprint density at radius 1 is 0.373 bits per heavy atom. The van der Waals surface area contributed by atoms with Gasteiger partial charge >= 0.3 is 0 Å². The quantitative estimate of drug-likeness (QED) is 0.0428. The second kappa shape index (κ2) is 35.9. The van der Waals surface area contributed by atoms with Crippen molar-refractivity contribution in [3.63, 3.8) is 0 Å². The van der Waals surface area contributed by atoms with Gasteiger partial charge in [0.15, 0.2) is 17.3 Å². The van der Waals surface area contributed by atoms with E-state index in [2.05, 4.69) is 13.8 Å². The standard InChI is InChI=1S/C45H86O6/c1-4-7-10-12-14-16-18-20-22-24-26-28-30-32-35-37-40(46)43(49)44(50)45(51,41(47)38-34-9-6-3)42(48)39-36-33-31-29-27-25-23-21-19-17-15-13-11-8-5-2/h43-44,49-51H,4-39H2,1-3H3. The Hall–Kier alpha value is -1.11. The van der Waals surface area contributed by atoms with Gasteiger partial charge in [-0.25, -0.2) is 0 Å². The van der Waals surface area contributed by atoms with E-state index >= 15 is 0 Å². The van der Waals surface area contributed by atoms with E-state index in [1.807, 2.05) is 6.92 Å². The first-order valence-electron chi connectivity index (χ1n) is 22.4. The predicted molar refractivity (Wildman–Crippen MR) is 215 cm³/mol. The van der Waals surface area contributed by atoms with Crippen molar-refractivity contribution in [1.82, 2.24) is 0 Å². The van der Waals surface area contributed by atoms with Crippen molar-refractivity contribution in [3.05, 3.63) is 0 Å². The average molecular weight is 723 g/mol. The predicted octanol–water partition coefficient (Wildman–Crippen LogP) is 12.2. The lowest BCUT2D eigenvalue weighted by atomic mass is 9.79. The lowest BCUT2D eigenvalue weighted by Crippen LogP contribution is -2.61. The molecule has 3 unspecified atom stereocenters. The van der Waals surface area contributed by atoms with Crippen LogP contribution in [0, 0.1) is 0 Å². The van der Waals surface area contributed by atoms with Crippen LogP contribution in [0.5, 0.6) is 0 Å². The van der Waals surface area contributed by atoms with E-state index in [0.29, 0.717) is 19.3 Å². The van der Waals surface area contributed by atoms with Crippen molar-refractivity contribution in [2.45, 2.75) is 270 Å². The molecule has 0 rings (SSSR count). The van der Waals surface area contributed by atoms with Gasteiger partial charge in [-0.1, -0.05) is 213 Å². The molecule has 0 aromatic heterocycles. The minimum Gasteiger partial charge on any atom is -0.386 e. The van der Waals surface area contributed by atoms with E-state index in [9.17, 15) is 29.7 Å². The van der Waals surface area contributed by atoms with Crippen molar-refractivity contribution in [2.24, 2.45) is 0 Å². The van der Waals surface area contributed by atoms with Gasteiger partial charge < -0.3 is 15.3 Å². The molecule has 302 valence electrons. The number of ketones is 3. The molecule has 6 heteroatoms. The van der Waals surface area contributed by atoms with Crippen LogP contribution in [0.15, 0.2) is 0 Å². The number of hydrogen-bond donors (Lipinski definition) is 3. The van der Waals surface area contributed by atoms with E-state index < -0.39 is 35.2 Å². The van der Waals surface area contributed by atoms with Gasteiger partial charge in [0, 0.05) is 19.3 Å². The van der Waals surface area contributed by atoms with Crippen molar-refractivity contribution in [2.75, 3.05) is 0 Å². The van der Waals surface area contributed by atoms with Crippen LogP contribution in [0.1, 0.15) is 252 Å². The summed E-state index contributed by atoms with van der Waals surface area (Å²) in [4.78, 5) is 39.3. The zero-order valence-electron chi connectivity index (χ0n) is 34.2. The summed E-state index contributed by atoms with van der Waals surface area (Å²) in [6, 6.07) is 0. The number of hydrogen-bond acceptors (Lipinski definition) is 6. The summed E-state index contributed by atoms with van der Waals surface area (Å²) >= 11 is 0. The van der Waals surface area contributed by atoms with Gasteiger partial charge in [-0.15, -0.1) is 0 Å². The van der Waals surface area contributed by atoms with Crippen LogP contribution in [0.3, 0.4) is 0 Å². The van der Waals surface area contributed by atoms with Crippen molar-refractivity contribution in [3.8, 4) is 0 Å². The Morgan fingerprint density at radius 2 is 0.588 bits per heavy atom. The number of aliphatic hydroxyl groups excluding tert-OH is 2. The number of rotatable bonds is 41. The van der Waals surface area contributed by atoms with Crippen LogP contribution < -0.4 is 0 Å². The van der Waals surface area contributed by atoms with Crippen LogP contribution in [-0.4, -0.2) is 50.5 Å². The molecular formula is C45H86O6. The van der Waals surface area contributed by atoms with E-state index in [1.54, 1.807) is 0 Å². The second-order valence-corrected chi connectivity index (χ2v) is 15.8. The summed E-state index contributed by atoms with van der Waals surface area (Å²) in [5, 5.41) is 33.1. The lowest BCUT2D eigenvalue weighted by molar-refractivity contribution is -0.174. The summed E-state index contributed by atoms with van der Waals surface area (Å²) in [7, 11) is 0. The summed E-state index contributed by atoms with van der Waals surface area (Å²) in [5.41, 5.74) is -2.74. The molecule has 0 saturated carbocycles. The third-order valence-corrected chi connectivity index (χ3v) is 10.9. The summed E-state index contributed by atoms with van der Waals surface area (Å²) in [5.74, 6) is -2.17. The number of carbonyl (C=O) groups is 3. The molecule has 0 fully saturated rings. The molecule has 0 amide bonds. The molecule has 51 heavy (non-hydrogen) atoms. The zero-order valence-corrected chi connectivity index (χ0v) is 34.2. The molecule has 0 aliphatic rings. The lowest BCUT2D eigenvalue weighted by Gasteiger charge is -2.32. The highest BCUT2D eigenvalue weighted by molar-refractivity contribution is 6.11. The van der Waals surface area contributed by atoms with Gasteiger partial charge in [0.05, 0.1) is 0 Å². The summed E-state index contributed by atoms with van der Waals surface area (Å²) < 4.78 is 0. The zero-order chi connectivity index (χ0) is 37.8. The molecule has 0 bridgehead atoms. The van der Waals surface area contributed by atoms with E-state index in [-0.39, 0.29) is 19.3 Å². The van der Waals surface area contributed by atoms with E-state index in [4.69, 9.17) is 0 Å². The smallest absolute Gasteiger partial charge is 0.210 e. The van der Waals surface area contributed by atoms with Gasteiger partial charge in [0.25, 0.3) is 0 Å². The largest absolute Gasteiger partial charge is 0.386 e. The minimum absolute atomic E-state index is 0.0503. The Kier molecular flexibility index (Phi) is 35.1. The highest BCUT2D eigenvalue weighted by Gasteiger charge is 2.52.